The highest BCUT2D eigenvalue weighted by atomic mass is 16.5. The Morgan fingerprint density at radius 3 is 3.07 bits per heavy atom. The van der Waals surface area contributed by atoms with E-state index in [4.69, 9.17) is 9.84 Å². The van der Waals surface area contributed by atoms with Crippen LogP contribution in [0, 0.1) is 0 Å². The number of aliphatic hydroxyl groups is 1. The van der Waals surface area contributed by atoms with Crippen LogP contribution in [0.4, 0.5) is 0 Å². The smallest absolute Gasteiger partial charge is 0.222 e. The molecule has 1 aliphatic heterocycles. The predicted molar refractivity (Wildman–Crippen MR) is 52.9 cm³/mol. The zero-order chi connectivity index (χ0) is 10.4. The molecule has 1 N–H and O–H groups in total. The van der Waals surface area contributed by atoms with E-state index in [1.54, 1.807) is 4.90 Å². The van der Waals surface area contributed by atoms with Crippen LogP contribution in [-0.4, -0.2) is 48.3 Å². The van der Waals surface area contributed by atoms with Crippen LogP contribution < -0.4 is 0 Å². The van der Waals surface area contributed by atoms with Crippen molar-refractivity contribution >= 4 is 5.91 Å². The van der Waals surface area contributed by atoms with Crippen molar-refractivity contribution in [3.05, 3.63) is 0 Å². The first kappa shape index (κ1) is 11.5. The SMILES string of the molecule is CCCCC(=O)N1CCOC(CO)C1. The number of amides is 1. The van der Waals surface area contributed by atoms with Crippen LogP contribution in [0.25, 0.3) is 0 Å². The number of carbonyl (C=O) groups is 1. The summed E-state index contributed by atoms with van der Waals surface area (Å²) in [6.45, 7) is 3.82. The number of hydrogen-bond acceptors (Lipinski definition) is 3. The molecular weight excluding hydrogens is 182 g/mol. The molecule has 0 saturated carbocycles. The fraction of sp³-hybridized carbons (Fsp3) is 0.900. The van der Waals surface area contributed by atoms with Crippen LogP contribution in [0.3, 0.4) is 0 Å². The molecule has 1 fully saturated rings. The molecule has 1 amide bonds. The van der Waals surface area contributed by atoms with E-state index in [2.05, 4.69) is 6.92 Å². The van der Waals surface area contributed by atoms with Crippen molar-refractivity contribution in [2.45, 2.75) is 32.3 Å². The fourth-order valence-corrected chi connectivity index (χ4v) is 1.54. The summed E-state index contributed by atoms with van der Waals surface area (Å²) in [7, 11) is 0. The third kappa shape index (κ3) is 3.27. The van der Waals surface area contributed by atoms with Crippen LogP contribution in [0.15, 0.2) is 0 Å². The van der Waals surface area contributed by atoms with E-state index in [9.17, 15) is 4.79 Å². The molecule has 0 spiro atoms. The van der Waals surface area contributed by atoms with Crippen LogP contribution in [-0.2, 0) is 9.53 Å². The monoisotopic (exact) mass is 201 g/mol. The summed E-state index contributed by atoms with van der Waals surface area (Å²) in [6.07, 6.45) is 2.42. The summed E-state index contributed by atoms with van der Waals surface area (Å²) in [6, 6.07) is 0. The molecule has 0 aliphatic carbocycles. The number of hydrogen-bond donors (Lipinski definition) is 1. The average molecular weight is 201 g/mol. The second-order valence-electron chi connectivity index (χ2n) is 3.62. The standard InChI is InChI=1S/C10H19NO3/c1-2-3-4-10(13)11-5-6-14-9(7-11)8-12/h9,12H,2-8H2,1H3. The second kappa shape index (κ2) is 5.98. The van der Waals surface area contributed by atoms with Gasteiger partial charge in [0.05, 0.1) is 19.3 Å². The Balaban J connectivity index is 2.31. The van der Waals surface area contributed by atoms with Gasteiger partial charge in [0.15, 0.2) is 0 Å². The number of carbonyl (C=O) groups excluding carboxylic acids is 1. The maximum Gasteiger partial charge on any atom is 0.222 e. The number of nitrogens with zero attached hydrogens (tertiary/aromatic N) is 1. The fourth-order valence-electron chi connectivity index (χ4n) is 1.54. The van der Waals surface area contributed by atoms with E-state index in [0.29, 0.717) is 26.1 Å². The molecule has 4 heteroatoms. The molecule has 0 aromatic heterocycles. The van der Waals surface area contributed by atoms with Gasteiger partial charge in [-0.2, -0.15) is 0 Å². The molecule has 0 aromatic carbocycles. The van der Waals surface area contributed by atoms with Gasteiger partial charge in [-0.3, -0.25) is 4.79 Å². The van der Waals surface area contributed by atoms with Crippen LogP contribution >= 0.6 is 0 Å². The summed E-state index contributed by atoms with van der Waals surface area (Å²) in [5.74, 6) is 0.189. The van der Waals surface area contributed by atoms with Crippen LogP contribution in [0.1, 0.15) is 26.2 Å². The number of unbranched alkanes of at least 4 members (excludes halogenated alkanes) is 1. The Bertz CT molecular complexity index is 184. The highest BCUT2D eigenvalue weighted by molar-refractivity contribution is 5.76. The quantitative estimate of drug-likeness (QED) is 0.716. The maximum atomic E-state index is 11.6. The molecule has 1 heterocycles. The van der Waals surface area contributed by atoms with Gasteiger partial charge in [-0.15, -0.1) is 0 Å². The summed E-state index contributed by atoms with van der Waals surface area (Å²) >= 11 is 0. The number of aliphatic hydroxyl groups excluding tert-OH is 1. The van der Waals surface area contributed by atoms with Crippen molar-refractivity contribution in [1.82, 2.24) is 4.90 Å². The van der Waals surface area contributed by atoms with Crippen molar-refractivity contribution in [1.29, 1.82) is 0 Å². The molecule has 1 aliphatic rings. The summed E-state index contributed by atoms with van der Waals surface area (Å²) in [5, 5.41) is 8.90. The first-order valence-corrected chi connectivity index (χ1v) is 5.28. The molecule has 4 nitrogen and oxygen atoms in total. The molecule has 82 valence electrons. The molecule has 1 rings (SSSR count). The minimum atomic E-state index is -0.186. The van der Waals surface area contributed by atoms with Crippen molar-refractivity contribution in [3.63, 3.8) is 0 Å². The van der Waals surface area contributed by atoms with E-state index in [-0.39, 0.29) is 18.6 Å². The third-order valence-electron chi connectivity index (χ3n) is 2.44. The lowest BCUT2D eigenvalue weighted by molar-refractivity contribution is -0.140. The van der Waals surface area contributed by atoms with Gasteiger partial charge in [0, 0.05) is 19.5 Å². The zero-order valence-electron chi connectivity index (χ0n) is 8.74. The summed E-state index contributed by atoms with van der Waals surface area (Å²) in [5.41, 5.74) is 0. The van der Waals surface area contributed by atoms with Crippen LogP contribution in [0.2, 0.25) is 0 Å². The summed E-state index contributed by atoms with van der Waals surface area (Å²) < 4.78 is 5.27. The van der Waals surface area contributed by atoms with E-state index < -0.39 is 0 Å². The predicted octanol–water partition coefficient (Wildman–Crippen LogP) is 0.396. The molecule has 14 heavy (non-hydrogen) atoms. The first-order valence-electron chi connectivity index (χ1n) is 5.28. The molecule has 1 saturated heterocycles. The molecule has 1 atom stereocenters. The maximum absolute atomic E-state index is 11.6. The van der Waals surface area contributed by atoms with Gasteiger partial charge in [0.1, 0.15) is 0 Å². The van der Waals surface area contributed by atoms with Gasteiger partial charge in [0.2, 0.25) is 5.91 Å². The van der Waals surface area contributed by atoms with E-state index >= 15 is 0 Å². The van der Waals surface area contributed by atoms with Crippen molar-refractivity contribution in [2.24, 2.45) is 0 Å². The van der Waals surface area contributed by atoms with Gasteiger partial charge >= 0.3 is 0 Å². The number of rotatable bonds is 4. The van der Waals surface area contributed by atoms with Gasteiger partial charge in [0.25, 0.3) is 0 Å². The normalized spacial score (nSPS) is 22.4. The second-order valence-corrected chi connectivity index (χ2v) is 3.62. The van der Waals surface area contributed by atoms with Crippen LogP contribution in [0.5, 0.6) is 0 Å². The summed E-state index contributed by atoms with van der Waals surface area (Å²) in [4.78, 5) is 13.4. The third-order valence-corrected chi connectivity index (χ3v) is 2.44. The highest BCUT2D eigenvalue weighted by Crippen LogP contribution is 2.08. The van der Waals surface area contributed by atoms with E-state index in [0.717, 1.165) is 12.8 Å². The Morgan fingerprint density at radius 1 is 1.64 bits per heavy atom. The minimum absolute atomic E-state index is 0.00242. The Hall–Kier alpha value is -0.610. The zero-order valence-corrected chi connectivity index (χ0v) is 8.74. The topological polar surface area (TPSA) is 49.8 Å². The molecule has 1 unspecified atom stereocenters. The Labute approximate surface area is 84.8 Å². The van der Waals surface area contributed by atoms with Crippen molar-refractivity contribution in [3.8, 4) is 0 Å². The van der Waals surface area contributed by atoms with E-state index in [1.165, 1.54) is 0 Å². The molecule has 0 radical (unpaired) electrons. The largest absolute Gasteiger partial charge is 0.394 e. The molecule has 0 bridgehead atoms. The van der Waals surface area contributed by atoms with Crippen molar-refractivity contribution < 1.29 is 14.6 Å². The highest BCUT2D eigenvalue weighted by Gasteiger charge is 2.22. The molecule has 0 aromatic rings. The minimum Gasteiger partial charge on any atom is -0.394 e. The van der Waals surface area contributed by atoms with E-state index in [1.807, 2.05) is 0 Å². The number of ether oxygens (including phenoxy) is 1. The Kier molecular flexibility index (Phi) is 4.90. The first-order chi connectivity index (χ1) is 6.77. The van der Waals surface area contributed by atoms with Crippen molar-refractivity contribution in [2.75, 3.05) is 26.3 Å². The van der Waals surface area contributed by atoms with Gasteiger partial charge in [-0.05, 0) is 6.42 Å². The lowest BCUT2D eigenvalue weighted by atomic mass is 10.2. The lowest BCUT2D eigenvalue weighted by Crippen LogP contribution is -2.46. The van der Waals surface area contributed by atoms with Gasteiger partial charge < -0.3 is 14.7 Å². The lowest BCUT2D eigenvalue weighted by Gasteiger charge is -2.32. The average Bonchev–Trinajstić information content (AvgIpc) is 2.26. The van der Waals surface area contributed by atoms with Gasteiger partial charge in [-0.1, -0.05) is 13.3 Å². The molecular formula is C10H19NO3. The Morgan fingerprint density at radius 2 is 2.43 bits per heavy atom. The van der Waals surface area contributed by atoms with Gasteiger partial charge in [-0.25, -0.2) is 0 Å². The number of morpholine rings is 1.